The van der Waals surface area contributed by atoms with Crippen molar-refractivity contribution in [2.45, 2.75) is 25.4 Å². The number of hydrogen-bond donors (Lipinski definition) is 2. The number of aromatic nitrogens is 2. The summed E-state index contributed by atoms with van der Waals surface area (Å²) in [7, 11) is 5.48. The SMILES string of the molecule is COc1ccc(NC(=O)c2cnc3n2CC(NC(=O)c2cccc(N(C)C)c2)CC3)cc1. The molecule has 2 aromatic carbocycles. The number of nitrogens with one attached hydrogen (secondary N) is 2. The Labute approximate surface area is 187 Å². The van der Waals surface area contributed by atoms with Gasteiger partial charge in [0.25, 0.3) is 11.8 Å². The Morgan fingerprint density at radius 3 is 2.62 bits per heavy atom. The van der Waals surface area contributed by atoms with Crippen molar-refractivity contribution in [2.24, 2.45) is 0 Å². The number of carbonyl (C=O) groups excluding carboxylic acids is 2. The van der Waals surface area contributed by atoms with E-state index in [2.05, 4.69) is 15.6 Å². The van der Waals surface area contributed by atoms with Crippen molar-refractivity contribution in [1.82, 2.24) is 14.9 Å². The summed E-state index contributed by atoms with van der Waals surface area (Å²) < 4.78 is 7.04. The molecular weight excluding hydrogens is 406 g/mol. The average molecular weight is 434 g/mol. The number of carbonyl (C=O) groups is 2. The first kappa shape index (κ1) is 21.4. The van der Waals surface area contributed by atoms with Crippen LogP contribution in [-0.4, -0.2) is 48.6 Å². The van der Waals surface area contributed by atoms with Crippen LogP contribution in [0.25, 0.3) is 0 Å². The van der Waals surface area contributed by atoms with Gasteiger partial charge in [-0.3, -0.25) is 9.59 Å². The maximum atomic E-state index is 12.9. The van der Waals surface area contributed by atoms with Crippen molar-refractivity contribution < 1.29 is 14.3 Å². The van der Waals surface area contributed by atoms with E-state index in [1.807, 2.05) is 47.8 Å². The molecule has 32 heavy (non-hydrogen) atoms. The summed E-state index contributed by atoms with van der Waals surface area (Å²) in [5.41, 5.74) is 2.73. The number of hydrogen-bond acceptors (Lipinski definition) is 5. The molecule has 0 fully saturated rings. The number of aryl methyl sites for hydroxylation is 1. The van der Waals surface area contributed by atoms with Crippen LogP contribution in [0.2, 0.25) is 0 Å². The third-order valence-corrected chi connectivity index (χ3v) is 5.60. The predicted octanol–water partition coefficient (Wildman–Crippen LogP) is 2.95. The second-order valence-electron chi connectivity index (χ2n) is 8.01. The van der Waals surface area contributed by atoms with E-state index < -0.39 is 0 Å². The van der Waals surface area contributed by atoms with Gasteiger partial charge in [-0.15, -0.1) is 0 Å². The van der Waals surface area contributed by atoms with Crippen LogP contribution < -0.4 is 20.3 Å². The van der Waals surface area contributed by atoms with E-state index in [1.54, 1.807) is 37.6 Å². The highest BCUT2D eigenvalue weighted by atomic mass is 16.5. The molecule has 1 aromatic heterocycles. The van der Waals surface area contributed by atoms with Gasteiger partial charge in [-0.1, -0.05) is 6.07 Å². The van der Waals surface area contributed by atoms with Gasteiger partial charge in [0.05, 0.1) is 13.3 Å². The number of amides is 2. The molecular formula is C24H27N5O3. The Morgan fingerprint density at radius 2 is 1.91 bits per heavy atom. The van der Waals surface area contributed by atoms with E-state index >= 15 is 0 Å². The maximum Gasteiger partial charge on any atom is 0.273 e. The number of ether oxygens (including phenoxy) is 1. The lowest BCUT2D eigenvalue weighted by Crippen LogP contribution is -2.41. The van der Waals surface area contributed by atoms with Gasteiger partial charge in [0, 0.05) is 50.0 Å². The zero-order valence-corrected chi connectivity index (χ0v) is 18.5. The molecule has 3 aromatic rings. The molecule has 8 heteroatoms. The Hall–Kier alpha value is -3.81. The van der Waals surface area contributed by atoms with Gasteiger partial charge in [0.15, 0.2) is 0 Å². The number of methoxy groups -OCH3 is 1. The Morgan fingerprint density at radius 1 is 1.12 bits per heavy atom. The molecule has 1 aliphatic heterocycles. The van der Waals surface area contributed by atoms with Gasteiger partial charge >= 0.3 is 0 Å². The first-order valence-electron chi connectivity index (χ1n) is 10.5. The summed E-state index contributed by atoms with van der Waals surface area (Å²) in [6, 6.07) is 14.6. The van der Waals surface area contributed by atoms with E-state index in [-0.39, 0.29) is 17.9 Å². The predicted molar refractivity (Wildman–Crippen MR) is 124 cm³/mol. The second kappa shape index (κ2) is 9.13. The van der Waals surface area contributed by atoms with Crippen LogP contribution in [0.15, 0.2) is 54.7 Å². The van der Waals surface area contributed by atoms with Gasteiger partial charge in [-0.05, 0) is 48.9 Å². The molecule has 0 bridgehead atoms. The van der Waals surface area contributed by atoms with Crippen molar-refractivity contribution in [3.63, 3.8) is 0 Å². The smallest absolute Gasteiger partial charge is 0.273 e. The monoisotopic (exact) mass is 433 g/mol. The molecule has 4 rings (SSSR count). The van der Waals surface area contributed by atoms with Gasteiger partial charge < -0.3 is 24.8 Å². The van der Waals surface area contributed by atoms with E-state index in [4.69, 9.17) is 4.74 Å². The van der Waals surface area contributed by atoms with E-state index in [9.17, 15) is 9.59 Å². The first-order valence-corrected chi connectivity index (χ1v) is 10.5. The van der Waals surface area contributed by atoms with Crippen LogP contribution in [0.3, 0.4) is 0 Å². The molecule has 0 spiro atoms. The molecule has 1 atom stereocenters. The number of nitrogens with zero attached hydrogens (tertiary/aromatic N) is 3. The maximum absolute atomic E-state index is 12.9. The highest BCUT2D eigenvalue weighted by Crippen LogP contribution is 2.20. The van der Waals surface area contributed by atoms with Crippen LogP contribution in [0.5, 0.6) is 5.75 Å². The number of rotatable bonds is 6. The molecule has 0 aliphatic carbocycles. The summed E-state index contributed by atoms with van der Waals surface area (Å²) in [6.45, 7) is 0.500. The fourth-order valence-electron chi connectivity index (χ4n) is 3.79. The summed E-state index contributed by atoms with van der Waals surface area (Å²) >= 11 is 0. The normalized spacial score (nSPS) is 14.9. The highest BCUT2D eigenvalue weighted by Gasteiger charge is 2.26. The molecule has 0 radical (unpaired) electrons. The fourth-order valence-corrected chi connectivity index (χ4v) is 3.79. The zero-order chi connectivity index (χ0) is 22.7. The van der Waals surface area contributed by atoms with Crippen molar-refractivity contribution in [1.29, 1.82) is 0 Å². The molecule has 1 unspecified atom stereocenters. The lowest BCUT2D eigenvalue weighted by Gasteiger charge is -2.26. The number of anilines is 2. The summed E-state index contributed by atoms with van der Waals surface area (Å²) in [4.78, 5) is 32.0. The third-order valence-electron chi connectivity index (χ3n) is 5.60. The number of benzene rings is 2. The van der Waals surface area contributed by atoms with Crippen molar-refractivity contribution >= 4 is 23.2 Å². The average Bonchev–Trinajstić information content (AvgIpc) is 3.23. The molecule has 2 N–H and O–H groups in total. The fraction of sp³-hybridized carbons (Fsp3) is 0.292. The van der Waals surface area contributed by atoms with E-state index in [0.717, 1.165) is 23.7 Å². The topological polar surface area (TPSA) is 88.5 Å². The van der Waals surface area contributed by atoms with E-state index in [0.29, 0.717) is 29.9 Å². The lowest BCUT2D eigenvalue weighted by atomic mass is 10.1. The van der Waals surface area contributed by atoms with Crippen molar-refractivity contribution in [3.05, 3.63) is 71.8 Å². The third kappa shape index (κ3) is 4.59. The van der Waals surface area contributed by atoms with Crippen LogP contribution in [0.1, 0.15) is 33.1 Å². The van der Waals surface area contributed by atoms with Crippen LogP contribution in [0.4, 0.5) is 11.4 Å². The van der Waals surface area contributed by atoms with E-state index in [1.165, 1.54) is 0 Å². The highest BCUT2D eigenvalue weighted by molar-refractivity contribution is 6.03. The van der Waals surface area contributed by atoms with Crippen LogP contribution in [-0.2, 0) is 13.0 Å². The molecule has 1 aliphatic rings. The standard InChI is InChI=1S/C24H27N5O3/c1-28(2)19-6-4-5-16(13-19)23(30)27-18-9-12-22-25-14-21(29(22)15-18)24(31)26-17-7-10-20(32-3)11-8-17/h4-8,10-11,13-14,18H,9,12,15H2,1-3H3,(H,26,31)(H,27,30). The second-order valence-corrected chi connectivity index (χ2v) is 8.01. The summed E-state index contributed by atoms with van der Waals surface area (Å²) in [5.74, 6) is 1.22. The number of imidazole rings is 1. The van der Waals surface area contributed by atoms with Crippen molar-refractivity contribution in [2.75, 3.05) is 31.4 Å². The molecule has 0 saturated carbocycles. The Balaban J connectivity index is 1.44. The van der Waals surface area contributed by atoms with Gasteiger partial charge in [-0.2, -0.15) is 0 Å². The minimum Gasteiger partial charge on any atom is -0.497 e. The minimum absolute atomic E-state index is 0.0836. The summed E-state index contributed by atoms with van der Waals surface area (Å²) in [6.07, 6.45) is 3.06. The van der Waals surface area contributed by atoms with Crippen molar-refractivity contribution in [3.8, 4) is 5.75 Å². The quantitative estimate of drug-likeness (QED) is 0.624. The largest absolute Gasteiger partial charge is 0.497 e. The molecule has 8 nitrogen and oxygen atoms in total. The van der Waals surface area contributed by atoms with Gasteiger partial charge in [-0.25, -0.2) is 4.98 Å². The first-order chi connectivity index (χ1) is 15.4. The molecule has 166 valence electrons. The Bertz CT molecular complexity index is 1120. The Kier molecular flexibility index (Phi) is 6.11. The molecule has 0 saturated heterocycles. The van der Waals surface area contributed by atoms with Crippen LogP contribution >= 0.6 is 0 Å². The van der Waals surface area contributed by atoms with Gasteiger partial charge in [0.1, 0.15) is 17.3 Å². The van der Waals surface area contributed by atoms with Gasteiger partial charge in [0.2, 0.25) is 0 Å². The summed E-state index contributed by atoms with van der Waals surface area (Å²) in [5, 5.41) is 6.01. The molecule has 2 heterocycles. The van der Waals surface area contributed by atoms with Crippen LogP contribution in [0, 0.1) is 0 Å². The lowest BCUT2D eigenvalue weighted by molar-refractivity contribution is 0.0927. The zero-order valence-electron chi connectivity index (χ0n) is 18.5. The minimum atomic E-state index is -0.237. The molecule has 2 amide bonds. The number of fused-ring (bicyclic) bond motifs is 1.